The van der Waals surface area contributed by atoms with Crippen molar-refractivity contribution in [2.45, 2.75) is 13.8 Å². The SMILES string of the molecule is [C-]#[N+]c1ccccc1N(c1ccc(-c2ccccc2)cc1)c1ccc(-c2ccc(N(c3ccc(-c4ccccc4)cc3)c3ccccc3C#N)c(C)c2)cc1C. The van der Waals surface area contributed by atoms with Crippen molar-refractivity contribution < 1.29 is 0 Å². The molecular formula is C52H38N4. The van der Waals surface area contributed by atoms with Gasteiger partial charge in [0.25, 0.3) is 0 Å². The predicted octanol–water partition coefficient (Wildman–Crippen LogP) is 14.7. The zero-order valence-corrected chi connectivity index (χ0v) is 31.3. The van der Waals surface area contributed by atoms with Gasteiger partial charge in [0.1, 0.15) is 6.07 Å². The maximum atomic E-state index is 10.1. The van der Waals surface area contributed by atoms with Crippen LogP contribution in [-0.4, -0.2) is 0 Å². The Morgan fingerprint density at radius 2 is 0.804 bits per heavy atom. The average molecular weight is 719 g/mol. The standard InChI is InChI=1S/C52H38N4/c1-37-34-43(26-32-49(37)55(51-20-12-10-18-45(51)36-53)46-28-22-41(23-29-46)39-14-6-4-7-15-39)44-27-33-50(38(2)35-44)56(52-21-13-11-19-48(52)54-3)47-30-24-42(25-31-47)40-16-8-5-9-17-40/h4-35H,1-2H3. The molecule has 0 spiro atoms. The van der Waals surface area contributed by atoms with E-state index >= 15 is 0 Å². The third-order valence-corrected chi connectivity index (χ3v) is 10.2. The van der Waals surface area contributed by atoms with Crippen molar-refractivity contribution >= 4 is 39.8 Å². The van der Waals surface area contributed by atoms with E-state index in [-0.39, 0.29) is 0 Å². The number of rotatable bonds is 9. The molecule has 8 aromatic rings. The van der Waals surface area contributed by atoms with E-state index in [2.05, 4.69) is 156 Å². The number of anilines is 6. The lowest BCUT2D eigenvalue weighted by molar-refractivity contribution is 1.24. The molecule has 0 atom stereocenters. The van der Waals surface area contributed by atoms with Crippen molar-refractivity contribution in [3.8, 4) is 39.4 Å². The third kappa shape index (κ3) is 7.04. The van der Waals surface area contributed by atoms with Crippen LogP contribution >= 0.6 is 0 Å². The summed E-state index contributed by atoms with van der Waals surface area (Å²) in [4.78, 5) is 8.25. The molecule has 0 saturated carbocycles. The van der Waals surface area contributed by atoms with Gasteiger partial charge in [-0.25, -0.2) is 4.85 Å². The summed E-state index contributed by atoms with van der Waals surface area (Å²) < 4.78 is 0. The van der Waals surface area contributed by atoms with Gasteiger partial charge in [0.05, 0.1) is 23.5 Å². The van der Waals surface area contributed by atoms with Gasteiger partial charge in [-0.3, -0.25) is 0 Å². The largest absolute Gasteiger partial charge is 0.320 e. The van der Waals surface area contributed by atoms with Crippen LogP contribution in [0, 0.1) is 31.8 Å². The Morgan fingerprint density at radius 3 is 1.27 bits per heavy atom. The molecule has 0 amide bonds. The molecule has 0 radical (unpaired) electrons. The maximum absolute atomic E-state index is 10.1. The topological polar surface area (TPSA) is 34.6 Å². The summed E-state index contributed by atoms with van der Waals surface area (Å²) in [6.45, 7) is 12.2. The normalized spacial score (nSPS) is 10.6. The molecular weight excluding hydrogens is 681 g/mol. The fraction of sp³-hybridized carbons (Fsp3) is 0.0385. The van der Waals surface area contributed by atoms with E-state index < -0.39 is 0 Å². The second-order valence-electron chi connectivity index (χ2n) is 13.7. The third-order valence-electron chi connectivity index (χ3n) is 10.2. The number of hydrogen-bond donors (Lipinski definition) is 0. The number of benzene rings is 8. The molecule has 56 heavy (non-hydrogen) atoms. The zero-order valence-electron chi connectivity index (χ0n) is 31.3. The van der Waals surface area contributed by atoms with E-state index in [0.717, 1.165) is 78.6 Å². The number of hydrogen-bond acceptors (Lipinski definition) is 3. The Labute approximate surface area is 329 Å². The summed E-state index contributed by atoms with van der Waals surface area (Å²) in [5.74, 6) is 0. The van der Waals surface area contributed by atoms with Crippen LogP contribution in [0.25, 0.3) is 38.2 Å². The fourth-order valence-corrected chi connectivity index (χ4v) is 7.37. The molecule has 0 bridgehead atoms. The van der Waals surface area contributed by atoms with Crippen LogP contribution in [0.5, 0.6) is 0 Å². The molecule has 266 valence electrons. The van der Waals surface area contributed by atoms with Gasteiger partial charge in [-0.1, -0.05) is 127 Å². The zero-order chi connectivity index (χ0) is 38.4. The summed E-state index contributed by atoms with van der Waals surface area (Å²) in [6, 6.07) is 68.8. The number of para-hydroxylation sites is 3. The van der Waals surface area contributed by atoms with Crippen LogP contribution in [0.15, 0.2) is 194 Å². The quantitative estimate of drug-likeness (QED) is 0.139. The molecule has 0 aliphatic heterocycles. The first-order valence-electron chi connectivity index (χ1n) is 18.6. The van der Waals surface area contributed by atoms with Crippen molar-refractivity contribution in [1.82, 2.24) is 0 Å². The predicted molar refractivity (Wildman–Crippen MR) is 233 cm³/mol. The Bertz CT molecular complexity index is 2530. The maximum Gasteiger partial charge on any atom is 0.210 e. The van der Waals surface area contributed by atoms with E-state index in [1.807, 2.05) is 72.8 Å². The van der Waals surface area contributed by atoms with Crippen molar-refractivity contribution in [1.29, 1.82) is 5.26 Å². The Hall–Kier alpha value is -7.66. The monoisotopic (exact) mass is 718 g/mol. The summed E-state index contributed by atoms with van der Waals surface area (Å²) in [5, 5.41) is 10.1. The summed E-state index contributed by atoms with van der Waals surface area (Å²) in [5.41, 5.74) is 15.7. The van der Waals surface area contributed by atoms with Crippen molar-refractivity contribution in [3.63, 3.8) is 0 Å². The van der Waals surface area contributed by atoms with Gasteiger partial charge in [0.2, 0.25) is 5.69 Å². The molecule has 0 fully saturated rings. The molecule has 0 aromatic heterocycles. The van der Waals surface area contributed by atoms with Crippen molar-refractivity contribution in [2.75, 3.05) is 9.80 Å². The molecule has 8 aromatic carbocycles. The number of aryl methyl sites for hydroxylation is 2. The summed E-state index contributed by atoms with van der Waals surface area (Å²) in [7, 11) is 0. The van der Waals surface area contributed by atoms with Gasteiger partial charge in [0.15, 0.2) is 0 Å². The minimum atomic E-state index is 0.589. The molecule has 4 heteroatoms. The van der Waals surface area contributed by atoms with E-state index in [1.165, 1.54) is 0 Å². The van der Waals surface area contributed by atoms with Gasteiger partial charge < -0.3 is 9.80 Å². The molecule has 0 N–H and O–H groups in total. The molecule has 0 aliphatic carbocycles. The molecule has 0 aliphatic rings. The van der Waals surface area contributed by atoms with E-state index in [0.29, 0.717) is 11.3 Å². The van der Waals surface area contributed by atoms with E-state index in [9.17, 15) is 5.26 Å². The molecule has 0 unspecified atom stereocenters. The summed E-state index contributed by atoms with van der Waals surface area (Å²) >= 11 is 0. The van der Waals surface area contributed by atoms with Crippen LogP contribution in [0.3, 0.4) is 0 Å². The second kappa shape index (κ2) is 15.7. The molecule has 0 saturated heterocycles. The van der Waals surface area contributed by atoms with Crippen LogP contribution in [-0.2, 0) is 0 Å². The number of nitriles is 1. The number of nitrogens with zero attached hydrogens (tertiary/aromatic N) is 4. The van der Waals surface area contributed by atoms with Gasteiger partial charge >= 0.3 is 0 Å². The highest BCUT2D eigenvalue weighted by Crippen LogP contribution is 2.44. The Morgan fingerprint density at radius 1 is 0.411 bits per heavy atom. The molecule has 8 rings (SSSR count). The second-order valence-corrected chi connectivity index (χ2v) is 13.7. The van der Waals surface area contributed by atoms with Crippen LogP contribution in [0.4, 0.5) is 39.8 Å². The van der Waals surface area contributed by atoms with Crippen LogP contribution in [0.1, 0.15) is 16.7 Å². The molecule has 4 nitrogen and oxygen atoms in total. The minimum Gasteiger partial charge on any atom is -0.320 e. The Balaban J connectivity index is 1.16. The lowest BCUT2D eigenvalue weighted by Crippen LogP contribution is -2.13. The van der Waals surface area contributed by atoms with Crippen LogP contribution in [0.2, 0.25) is 0 Å². The first-order valence-corrected chi connectivity index (χ1v) is 18.6. The van der Waals surface area contributed by atoms with Crippen molar-refractivity contribution in [3.05, 3.63) is 222 Å². The summed E-state index contributed by atoms with van der Waals surface area (Å²) in [6.07, 6.45) is 0. The van der Waals surface area contributed by atoms with Crippen LogP contribution < -0.4 is 9.80 Å². The fourth-order valence-electron chi connectivity index (χ4n) is 7.37. The van der Waals surface area contributed by atoms with Crippen molar-refractivity contribution in [2.24, 2.45) is 0 Å². The lowest BCUT2D eigenvalue weighted by atomic mass is 9.98. The smallest absolute Gasteiger partial charge is 0.210 e. The van der Waals surface area contributed by atoms with Gasteiger partial charge in [-0.2, -0.15) is 5.26 Å². The van der Waals surface area contributed by atoms with Gasteiger partial charge in [0, 0.05) is 22.7 Å². The minimum absolute atomic E-state index is 0.589. The van der Waals surface area contributed by atoms with Gasteiger partial charge in [-0.15, -0.1) is 0 Å². The van der Waals surface area contributed by atoms with E-state index in [1.54, 1.807) is 0 Å². The highest BCUT2D eigenvalue weighted by Gasteiger charge is 2.21. The first-order chi connectivity index (χ1) is 27.5. The van der Waals surface area contributed by atoms with Gasteiger partial charge in [-0.05, 0) is 125 Å². The first kappa shape index (κ1) is 35.4. The average Bonchev–Trinajstić information content (AvgIpc) is 3.26. The highest BCUT2D eigenvalue weighted by molar-refractivity contribution is 5.88. The lowest BCUT2D eigenvalue weighted by Gasteiger charge is -2.29. The van der Waals surface area contributed by atoms with E-state index in [4.69, 9.17) is 6.57 Å². The highest BCUT2D eigenvalue weighted by atomic mass is 15.2. The molecule has 0 heterocycles. The Kier molecular flexibility index (Phi) is 9.95.